The average molecular weight is 321 g/mol. The first kappa shape index (κ1) is 13.8. The van der Waals surface area contributed by atoms with Gasteiger partial charge in [-0.05, 0) is 43.5 Å². The Hall–Kier alpha value is -2.63. The van der Waals surface area contributed by atoms with Gasteiger partial charge in [-0.15, -0.1) is 5.10 Å². The number of likely N-dealkylation sites (tertiary alicyclic amines) is 1. The molecule has 1 unspecified atom stereocenters. The topological polar surface area (TPSA) is 66.8 Å². The van der Waals surface area contributed by atoms with Crippen molar-refractivity contribution in [3.8, 4) is 0 Å². The van der Waals surface area contributed by atoms with E-state index in [2.05, 4.69) is 21.5 Å². The Labute approximate surface area is 139 Å². The maximum atomic E-state index is 12.8. The van der Waals surface area contributed by atoms with E-state index in [1.54, 1.807) is 0 Å². The fraction of sp³-hybridized carbons (Fsp3) is 0.389. The van der Waals surface area contributed by atoms with Crippen LogP contribution < -0.4 is 0 Å². The van der Waals surface area contributed by atoms with Crippen LogP contribution >= 0.6 is 0 Å². The minimum absolute atomic E-state index is 0.100. The Morgan fingerprint density at radius 2 is 2.12 bits per heavy atom. The van der Waals surface area contributed by atoms with Crippen LogP contribution in [0.4, 0.5) is 0 Å². The van der Waals surface area contributed by atoms with Crippen LogP contribution in [0.2, 0.25) is 0 Å². The van der Waals surface area contributed by atoms with Gasteiger partial charge in [-0.25, -0.2) is 4.68 Å². The van der Waals surface area contributed by atoms with Gasteiger partial charge in [0.15, 0.2) is 0 Å². The Morgan fingerprint density at radius 3 is 3.00 bits per heavy atom. The van der Waals surface area contributed by atoms with Gasteiger partial charge in [-0.2, -0.15) is 0 Å². The lowest BCUT2D eigenvalue weighted by molar-refractivity contribution is 0.0787. The zero-order chi connectivity index (χ0) is 16.1. The van der Waals surface area contributed by atoms with Crippen LogP contribution in [0, 0.1) is 0 Å². The van der Waals surface area contributed by atoms with Crippen LogP contribution in [0.25, 0.3) is 10.9 Å². The van der Waals surface area contributed by atoms with Gasteiger partial charge in [0.1, 0.15) is 0 Å². The number of aromatic nitrogens is 4. The Balaban J connectivity index is 1.32. The second-order valence-corrected chi connectivity index (χ2v) is 6.87. The van der Waals surface area contributed by atoms with Crippen LogP contribution in [0.1, 0.15) is 47.3 Å². The van der Waals surface area contributed by atoms with Crippen LogP contribution in [0.3, 0.4) is 0 Å². The summed E-state index contributed by atoms with van der Waals surface area (Å²) in [4.78, 5) is 17.9. The fourth-order valence-electron chi connectivity index (χ4n) is 3.55. The maximum absolute atomic E-state index is 12.8. The number of rotatable bonds is 3. The largest absolute Gasteiger partial charge is 0.361 e. The number of amides is 1. The Morgan fingerprint density at radius 1 is 1.21 bits per heavy atom. The monoisotopic (exact) mass is 321 g/mol. The fourth-order valence-corrected chi connectivity index (χ4v) is 3.55. The van der Waals surface area contributed by atoms with E-state index in [1.807, 2.05) is 40.0 Å². The lowest BCUT2D eigenvalue weighted by atomic mass is 10.1. The molecule has 1 atom stereocenters. The number of fused-ring (bicyclic) bond motifs is 1. The first-order valence-corrected chi connectivity index (χ1v) is 8.56. The molecule has 2 aromatic heterocycles. The molecule has 1 amide bonds. The highest BCUT2D eigenvalue weighted by molar-refractivity contribution is 5.98. The molecule has 24 heavy (non-hydrogen) atoms. The summed E-state index contributed by atoms with van der Waals surface area (Å²) in [5.74, 6) is 0.717. The SMILES string of the molecule is O=C(c1ccc2[nH]ccc2c1)N1CCC(n2cc(C3CC3)nn2)C1. The zero-order valence-electron chi connectivity index (χ0n) is 13.4. The molecule has 1 saturated heterocycles. The molecule has 6 nitrogen and oxygen atoms in total. The first-order valence-electron chi connectivity index (χ1n) is 8.56. The summed E-state index contributed by atoms with van der Waals surface area (Å²) in [6, 6.07) is 8.06. The predicted molar refractivity (Wildman–Crippen MR) is 89.9 cm³/mol. The molecular formula is C18H19N5O. The number of hydrogen-bond donors (Lipinski definition) is 1. The Bertz CT molecular complexity index is 907. The normalized spacial score (nSPS) is 20.8. The highest BCUT2D eigenvalue weighted by atomic mass is 16.2. The van der Waals surface area contributed by atoms with Gasteiger partial charge in [-0.3, -0.25) is 4.79 Å². The molecule has 3 heterocycles. The number of nitrogens with zero attached hydrogens (tertiary/aromatic N) is 4. The second kappa shape index (κ2) is 5.19. The molecule has 1 N–H and O–H groups in total. The molecule has 3 aromatic rings. The smallest absolute Gasteiger partial charge is 0.253 e. The number of nitrogens with one attached hydrogen (secondary N) is 1. The third-order valence-corrected chi connectivity index (χ3v) is 5.15. The molecule has 0 spiro atoms. The van der Waals surface area contributed by atoms with Gasteiger partial charge in [0, 0.05) is 47.9 Å². The van der Waals surface area contributed by atoms with Crippen molar-refractivity contribution >= 4 is 16.8 Å². The van der Waals surface area contributed by atoms with Crippen LogP contribution in [0.15, 0.2) is 36.7 Å². The Kier molecular flexibility index (Phi) is 2.98. The quantitative estimate of drug-likeness (QED) is 0.806. The third-order valence-electron chi connectivity index (χ3n) is 5.15. The van der Waals surface area contributed by atoms with Crippen molar-refractivity contribution in [1.82, 2.24) is 24.9 Å². The summed E-state index contributed by atoms with van der Waals surface area (Å²) < 4.78 is 1.95. The highest BCUT2D eigenvalue weighted by Gasteiger charge is 2.31. The molecule has 122 valence electrons. The van der Waals surface area contributed by atoms with Crippen molar-refractivity contribution in [3.05, 3.63) is 47.9 Å². The lowest BCUT2D eigenvalue weighted by Gasteiger charge is -2.16. The molecule has 1 aliphatic heterocycles. The lowest BCUT2D eigenvalue weighted by Crippen LogP contribution is -2.29. The molecule has 2 fully saturated rings. The van der Waals surface area contributed by atoms with Gasteiger partial charge in [0.05, 0.1) is 11.7 Å². The van der Waals surface area contributed by atoms with Crippen molar-refractivity contribution in [2.75, 3.05) is 13.1 Å². The van der Waals surface area contributed by atoms with E-state index in [-0.39, 0.29) is 11.9 Å². The molecule has 2 aliphatic rings. The van der Waals surface area contributed by atoms with E-state index in [1.165, 1.54) is 12.8 Å². The average Bonchev–Trinajstić information content (AvgIpc) is 3.06. The van der Waals surface area contributed by atoms with Crippen molar-refractivity contribution in [2.24, 2.45) is 0 Å². The summed E-state index contributed by atoms with van der Waals surface area (Å²) in [6.07, 6.45) is 7.37. The first-order chi connectivity index (χ1) is 11.8. The number of benzene rings is 1. The summed E-state index contributed by atoms with van der Waals surface area (Å²) in [7, 11) is 0. The molecular weight excluding hydrogens is 302 g/mol. The minimum Gasteiger partial charge on any atom is -0.361 e. The molecule has 0 bridgehead atoms. The van der Waals surface area contributed by atoms with Gasteiger partial charge in [-0.1, -0.05) is 5.21 Å². The summed E-state index contributed by atoms with van der Waals surface area (Å²) in [5.41, 5.74) is 2.92. The second-order valence-electron chi connectivity index (χ2n) is 6.87. The molecule has 6 heteroatoms. The molecule has 1 saturated carbocycles. The van der Waals surface area contributed by atoms with Crippen molar-refractivity contribution < 1.29 is 4.79 Å². The van der Waals surface area contributed by atoms with Crippen molar-refractivity contribution in [2.45, 2.75) is 31.2 Å². The number of hydrogen-bond acceptors (Lipinski definition) is 3. The van der Waals surface area contributed by atoms with Crippen LogP contribution in [-0.2, 0) is 0 Å². The van der Waals surface area contributed by atoms with E-state index < -0.39 is 0 Å². The summed E-state index contributed by atoms with van der Waals surface area (Å²) in [6.45, 7) is 1.48. The van der Waals surface area contributed by atoms with E-state index in [9.17, 15) is 4.79 Å². The number of carbonyl (C=O) groups excluding carboxylic acids is 1. The third kappa shape index (κ3) is 2.29. The van der Waals surface area contributed by atoms with Crippen LogP contribution in [0.5, 0.6) is 0 Å². The standard InChI is InChI=1S/C18H19N5O/c24-18(14-3-4-16-13(9-14)5-7-19-16)22-8-6-15(10-22)23-11-17(20-21-23)12-1-2-12/h3-5,7,9,11-12,15,19H,1-2,6,8,10H2. The van der Waals surface area contributed by atoms with Crippen molar-refractivity contribution in [1.29, 1.82) is 0 Å². The molecule has 5 rings (SSSR count). The summed E-state index contributed by atoms with van der Waals surface area (Å²) >= 11 is 0. The summed E-state index contributed by atoms with van der Waals surface area (Å²) in [5, 5.41) is 9.64. The van der Waals surface area contributed by atoms with Gasteiger partial charge in [0.2, 0.25) is 0 Å². The minimum atomic E-state index is 0.100. The van der Waals surface area contributed by atoms with E-state index in [4.69, 9.17) is 0 Å². The van der Waals surface area contributed by atoms with Gasteiger partial charge in [0.25, 0.3) is 5.91 Å². The zero-order valence-corrected chi connectivity index (χ0v) is 13.4. The van der Waals surface area contributed by atoms with Crippen LogP contribution in [-0.4, -0.2) is 43.9 Å². The maximum Gasteiger partial charge on any atom is 0.253 e. The van der Waals surface area contributed by atoms with Gasteiger partial charge < -0.3 is 9.88 Å². The van der Waals surface area contributed by atoms with E-state index in [0.29, 0.717) is 12.5 Å². The number of carbonyl (C=O) groups is 1. The highest BCUT2D eigenvalue weighted by Crippen LogP contribution is 2.39. The van der Waals surface area contributed by atoms with E-state index in [0.717, 1.165) is 35.1 Å². The molecule has 1 aliphatic carbocycles. The van der Waals surface area contributed by atoms with Gasteiger partial charge >= 0.3 is 0 Å². The van der Waals surface area contributed by atoms with E-state index >= 15 is 0 Å². The van der Waals surface area contributed by atoms with Crippen molar-refractivity contribution in [3.63, 3.8) is 0 Å². The predicted octanol–water partition coefficient (Wildman–Crippen LogP) is 2.72. The molecule has 1 aromatic carbocycles. The molecule has 0 radical (unpaired) electrons. The number of aromatic amines is 1. The number of H-pyrrole nitrogens is 1.